The minimum Gasteiger partial charge on any atom is -0.456 e. The van der Waals surface area contributed by atoms with E-state index in [2.05, 4.69) is 16.3 Å². The van der Waals surface area contributed by atoms with E-state index >= 15 is 0 Å². The SMILES string of the molecule is CCC(=O)SC[C@@H](C(=O)NC)N(C)C(=O)Oc1ccc2c(c1)Oc1cc(N3CCCCC3)ccc1C21OC(=O)c2ccccc21. The van der Waals surface area contributed by atoms with Crippen LogP contribution in [0.1, 0.15) is 59.7 Å². The van der Waals surface area contributed by atoms with E-state index in [1.165, 1.54) is 25.4 Å². The molecule has 3 aromatic carbocycles. The average molecular weight is 630 g/mol. The van der Waals surface area contributed by atoms with Crippen LogP contribution in [-0.2, 0) is 19.9 Å². The van der Waals surface area contributed by atoms with Crippen molar-refractivity contribution in [2.75, 3.05) is 37.8 Å². The van der Waals surface area contributed by atoms with Crippen LogP contribution in [0.15, 0.2) is 60.7 Å². The van der Waals surface area contributed by atoms with Crippen molar-refractivity contribution in [1.29, 1.82) is 0 Å². The molecule has 10 nitrogen and oxygen atoms in total. The Morgan fingerprint density at radius 1 is 1.00 bits per heavy atom. The average Bonchev–Trinajstić information content (AvgIpc) is 3.36. The molecule has 0 aliphatic carbocycles. The van der Waals surface area contributed by atoms with Crippen LogP contribution in [0, 0.1) is 0 Å². The number of hydrogen-bond donors (Lipinski definition) is 1. The fraction of sp³-hybridized carbons (Fsp3) is 0.353. The van der Waals surface area contributed by atoms with Crippen molar-refractivity contribution < 1.29 is 33.4 Å². The molecule has 1 spiro atoms. The first-order valence-electron chi connectivity index (χ1n) is 15.1. The normalized spacial score (nSPS) is 18.6. The van der Waals surface area contributed by atoms with Gasteiger partial charge in [-0.1, -0.05) is 36.9 Å². The minimum atomic E-state index is -1.25. The number of ether oxygens (including phenoxy) is 3. The number of thioether (sulfide) groups is 1. The molecule has 0 aromatic heterocycles. The summed E-state index contributed by atoms with van der Waals surface area (Å²) >= 11 is 0.995. The Morgan fingerprint density at radius 2 is 1.71 bits per heavy atom. The number of fused-ring (bicyclic) bond motifs is 6. The van der Waals surface area contributed by atoms with Gasteiger partial charge in [-0.25, -0.2) is 9.59 Å². The van der Waals surface area contributed by atoms with E-state index in [1.807, 2.05) is 30.3 Å². The van der Waals surface area contributed by atoms with E-state index in [-0.39, 0.29) is 16.6 Å². The molecule has 1 N–H and O–H groups in total. The van der Waals surface area contributed by atoms with E-state index < -0.39 is 29.6 Å². The molecule has 0 radical (unpaired) electrons. The zero-order valence-corrected chi connectivity index (χ0v) is 26.3. The summed E-state index contributed by atoms with van der Waals surface area (Å²) in [7, 11) is 2.93. The summed E-state index contributed by atoms with van der Waals surface area (Å²) in [6, 6.07) is 17.4. The number of anilines is 1. The second-order valence-electron chi connectivity index (χ2n) is 11.2. The summed E-state index contributed by atoms with van der Waals surface area (Å²) in [4.78, 5) is 54.4. The van der Waals surface area contributed by atoms with Gasteiger partial charge in [-0.05, 0) is 49.6 Å². The third-order valence-electron chi connectivity index (χ3n) is 8.59. The van der Waals surface area contributed by atoms with Crippen LogP contribution < -0.4 is 19.7 Å². The summed E-state index contributed by atoms with van der Waals surface area (Å²) in [5.74, 6) is 0.359. The summed E-state index contributed by atoms with van der Waals surface area (Å²) in [6.07, 6.45) is 2.99. The van der Waals surface area contributed by atoms with Gasteiger partial charge in [0.1, 0.15) is 23.3 Å². The maximum Gasteiger partial charge on any atom is 0.415 e. The molecule has 11 heteroatoms. The first kappa shape index (κ1) is 30.5. The maximum absolute atomic E-state index is 13.2. The summed E-state index contributed by atoms with van der Waals surface area (Å²) in [5, 5.41) is 2.47. The van der Waals surface area contributed by atoms with Crippen LogP contribution in [0.2, 0.25) is 0 Å². The molecule has 1 saturated heterocycles. The quantitative estimate of drug-likeness (QED) is 0.340. The second kappa shape index (κ2) is 12.5. The Bertz CT molecular complexity index is 1670. The minimum absolute atomic E-state index is 0.0793. The summed E-state index contributed by atoms with van der Waals surface area (Å²) < 4.78 is 18.5. The Kier molecular flexibility index (Phi) is 8.46. The number of carbonyl (C=O) groups is 4. The van der Waals surface area contributed by atoms with Gasteiger partial charge in [0, 0.05) is 73.9 Å². The number of nitrogens with one attached hydrogen (secondary N) is 1. The van der Waals surface area contributed by atoms with Crippen LogP contribution in [-0.4, -0.2) is 67.0 Å². The van der Waals surface area contributed by atoms with Gasteiger partial charge in [0.05, 0.1) is 5.56 Å². The lowest BCUT2D eigenvalue weighted by Gasteiger charge is -2.37. The third kappa shape index (κ3) is 5.50. The molecule has 0 bridgehead atoms. The number of carbonyl (C=O) groups excluding carboxylic acids is 4. The molecular formula is C34H35N3O7S. The largest absolute Gasteiger partial charge is 0.456 e. The molecule has 0 saturated carbocycles. The lowest BCUT2D eigenvalue weighted by molar-refractivity contribution is -0.124. The van der Waals surface area contributed by atoms with Crippen LogP contribution in [0.3, 0.4) is 0 Å². The van der Waals surface area contributed by atoms with Gasteiger partial charge < -0.3 is 24.4 Å². The molecule has 3 aliphatic rings. The molecule has 1 fully saturated rings. The third-order valence-corrected chi connectivity index (χ3v) is 9.68. The molecule has 1 unspecified atom stereocenters. The van der Waals surface area contributed by atoms with Crippen LogP contribution in [0.5, 0.6) is 17.2 Å². The number of esters is 1. The van der Waals surface area contributed by atoms with Crippen molar-refractivity contribution in [3.8, 4) is 17.2 Å². The van der Waals surface area contributed by atoms with Crippen LogP contribution in [0.25, 0.3) is 0 Å². The zero-order valence-electron chi connectivity index (χ0n) is 25.5. The van der Waals surface area contributed by atoms with Gasteiger partial charge in [-0.15, -0.1) is 0 Å². The van der Waals surface area contributed by atoms with E-state index in [0.29, 0.717) is 40.2 Å². The van der Waals surface area contributed by atoms with E-state index in [4.69, 9.17) is 14.2 Å². The second-order valence-corrected chi connectivity index (χ2v) is 12.3. The Morgan fingerprint density at radius 3 is 2.44 bits per heavy atom. The fourth-order valence-corrected chi connectivity index (χ4v) is 7.08. The molecule has 3 heterocycles. The van der Waals surface area contributed by atoms with Crippen molar-refractivity contribution in [3.63, 3.8) is 0 Å². The van der Waals surface area contributed by atoms with E-state index in [0.717, 1.165) is 43.4 Å². The lowest BCUT2D eigenvalue weighted by atomic mass is 9.77. The molecule has 3 aliphatic heterocycles. The number of hydrogen-bond acceptors (Lipinski definition) is 9. The van der Waals surface area contributed by atoms with Gasteiger partial charge in [-0.3, -0.25) is 14.5 Å². The standard InChI is InChI=1S/C34H35N3O7S/c1-4-30(38)45-20-27(31(39)35-2)36(3)33(41)42-22-13-15-26-29(19-22)43-28-18-21(37-16-8-5-9-17-37)12-14-25(28)34(26)24-11-7-6-10-23(24)32(40)44-34/h6-7,10-15,18-19,27H,4-5,8-9,16-17,20H2,1-3H3,(H,35,39)/t27-,34?/m0/s1. The van der Waals surface area contributed by atoms with Crippen molar-refractivity contribution in [2.24, 2.45) is 0 Å². The highest BCUT2D eigenvalue weighted by molar-refractivity contribution is 8.13. The van der Waals surface area contributed by atoms with Gasteiger partial charge in [0.25, 0.3) is 0 Å². The number of piperidine rings is 1. The summed E-state index contributed by atoms with van der Waals surface area (Å²) in [6.45, 7) is 3.64. The summed E-state index contributed by atoms with van der Waals surface area (Å²) in [5.41, 5.74) is 2.28. The fourth-order valence-electron chi connectivity index (χ4n) is 6.16. The number of nitrogens with zero attached hydrogens (tertiary/aromatic N) is 2. The van der Waals surface area contributed by atoms with Crippen LogP contribution >= 0.6 is 11.8 Å². The van der Waals surface area contributed by atoms with E-state index in [1.54, 1.807) is 31.2 Å². The lowest BCUT2D eigenvalue weighted by Crippen LogP contribution is -2.49. The van der Waals surface area contributed by atoms with Gasteiger partial charge in [0.15, 0.2) is 10.7 Å². The first-order chi connectivity index (χ1) is 21.8. The number of rotatable bonds is 7. The molecule has 2 amide bonds. The first-order valence-corrected chi connectivity index (χ1v) is 16.1. The van der Waals surface area contributed by atoms with Crippen molar-refractivity contribution in [1.82, 2.24) is 10.2 Å². The Balaban J connectivity index is 1.35. The molecule has 2 atom stereocenters. The highest BCUT2D eigenvalue weighted by Crippen LogP contribution is 2.57. The molecular weight excluding hydrogens is 594 g/mol. The molecule has 6 rings (SSSR count). The Hall–Kier alpha value is -4.51. The maximum atomic E-state index is 13.2. The van der Waals surface area contributed by atoms with Gasteiger partial charge in [-0.2, -0.15) is 0 Å². The van der Waals surface area contributed by atoms with Gasteiger partial charge in [0.2, 0.25) is 5.91 Å². The predicted molar refractivity (Wildman–Crippen MR) is 170 cm³/mol. The highest BCUT2D eigenvalue weighted by atomic mass is 32.2. The predicted octanol–water partition coefficient (Wildman–Crippen LogP) is 5.46. The van der Waals surface area contributed by atoms with Crippen molar-refractivity contribution in [2.45, 2.75) is 44.2 Å². The smallest absolute Gasteiger partial charge is 0.415 e. The monoisotopic (exact) mass is 629 g/mol. The topological polar surface area (TPSA) is 114 Å². The highest BCUT2D eigenvalue weighted by Gasteiger charge is 2.53. The van der Waals surface area contributed by atoms with Crippen molar-refractivity contribution >= 4 is 40.5 Å². The van der Waals surface area contributed by atoms with Crippen LogP contribution in [0.4, 0.5) is 10.5 Å². The van der Waals surface area contributed by atoms with Gasteiger partial charge >= 0.3 is 12.1 Å². The molecule has 234 valence electrons. The number of benzene rings is 3. The molecule has 45 heavy (non-hydrogen) atoms. The number of amides is 2. The molecule has 3 aromatic rings. The Labute approximate surface area is 266 Å². The van der Waals surface area contributed by atoms with E-state index in [9.17, 15) is 19.2 Å². The zero-order chi connectivity index (χ0) is 31.7. The van der Waals surface area contributed by atoms with Crippen molar-refractivity contribution in [3.05, 3.63) is 82.9 Å². The number of likely N-dealkylation sites (N-methyl/N-ethyl adjacent to an activating group) is 2.